The van der Waals surface area contributed by atoms with Gasteiger partial charge in [-0.3, -0.25) is 10.1 Å². The summed E-state index contributed by atoms with van der Waals surface area (Å²) in [6.07, 6.45) is 0. The number of benzene rings is 2. The minimum absolute atomic E-state index is 0.0942. The molecule has 0 aliphatic carbocycles. The van der Waals surface area contributed by atoms with Crippen molar-refractivity contribution in [3.8, 4) is 0 Å². The highest BCUT2D eigenvalue weighted by atomic mass is 35.5. The van der Waals surface area contributed by atoms with Crippen LogP contribution in [0.3, 0.4) is 0 Å². The molecule has 0 amide bonds. The molecule has 20 heavy (non-hydrogen) atoms. The normalized spacial score (nSPS) is 10.5. The summed E-state index contributed by atoms with van der Waals surface area (Å²) in [6.45, 7) is 0.724. The van der Waals surface area contributed by atoms with Crippen LogP contribution in [0.15, 0.2) is 52.3 Å². The summed E-state index contributed by atoms with van der Waals surface area (Å²) in [5.41, 5.74) is 1.14. The molecule has 0 unspecified atom stereocenters. The Labute approximate surface area is 126 Å². The molecule has 6 heteroatoms. The molecular formula is C14H13ClN2O2S. The van der Waals surface area contributed by atoms with Crippen molar-refractivity contribution >= 4 is 29.1 Å². The van der Waals surface area contributed by atoms with Crippen LogP contribution in [0.25, 0.3) is 0 Å². The van der Waals surface area contributed by atoms with Crippen LogP contribution in [0.1, 0.15) is 5.56 Å². The Morgan fingerprint density at radius 1 is 1.20 bits per heavy atom. The SMILES string of the molecule is CNCc1ccc(Sc2ccc([N+](=O)[O-])cc2)cc1Cl. The number of nitro benzene ring substituents is 1. The second-order valence-corrected chi connectivity index (χ2v) is 5.69. The summed E-state index contributed by atoms with van der Waals surface area (Å²) in [6, 6.07) is 12.3. The van der Waals surface area contributed by atoms with E-state index < -0.39 is 4.92 Å². The van der Waals surface area contributed by atoms with Gasteiger partial charge in [0.25, 0.3) is 5.69 Å². The number of hydrogen-bond donors (Lipinski definition) is 1. The van der Waals surface area contributed by atoms with E-state index in [-0.39, 0.29) is 5.69 Å². The summed E-state index contributed by atoms with van der Waals surface area (Å²) in [5, 5.41) is 14.4. The second kappa shape index (κ2) is 6.74. The van der Waals surface area contributed by atoms with Gasteiger partial charge in [-0.25, -0.2) is 0 Å². The number of nitro groups is 1. The fourth-order valence-corrected chi connectivity index (χ4v) is 2.87. The summed E-state index contributed by atoms with van der Waals surface area (Å²) in [4.78, 5) is 12.1. The molecule has 0 saturated heterocycles. The number of rotatable bonds is 5. The monoisotopic (exact) mass is 308 g/mol. The molecule has 1 N–H and O–H groups in total. The van der Waals surface area contributed by atoms with Crippen molar-refractivity contribution < 1.29 is 4.92 Å². The van der Waals surface area contributed by atoms with Gasteiger partial charge in [-0.1, -0.05) is 29.4 Å². The Morgan fingerprint density at radius 2 is 1.85 bits per heavy atom. The fourth-order valence-electron chi connectivity index (χ4n) is 1.70. The van der Waals surface area contributed by atoms with Gasteiger partial charge in [0.1, 0.15) is 0 Å². The Bertz CT molecular complexity index is 617. The third-order valence-electron chi connectivity index (χ3n) is 2.68. The molecule has 0 radical (unpaired) electrons. The van der Waals surface area contributed by atoms with E-state index >= 15 is 0 Å². The molecule has 0 bridgehead atoms. The van der Waals surface area contributed by atoms with Gasteiger partial charge in [0, 0.05) is 33.5 Å². The number of nitrogens with zero attached hydrogens (tertiary/aromatic N) is 1. The van der Waals surface area contributed by atoms with Crippen LogP contribution in [0.5, 0.6) is 0 Å². The molecule has 0 aliphatic rings. The molecule has 0 heterocycles. The first-order valence-corrected chi connectivity index (χ1v) is 7.15. The van der Waals surface area contributed by atoms with Gasteiger partial charge in [-0.05, 0) is 36.9 Å². The largest absolute Gasteiger partial charge is 0.316 e. The Balaban J connectivity index is 2.13. The van der Waals surface area contributed by atoms with Crippen LogP contribution in [0, 0.1) is 10.1 Å². The predicted molar refractivity (Wildman–Crippen MR) is 81.4 cm³/mol. The molecule has 0 aromatic heterocycles. The highest BCUT2D eigenvalue weighted by Crippen LogP contribution is 2.31. The average molecular weight is 309 g/mol. The zero-order valence-corrected chi connectivity index (χ0v) is 12.4. The van der Waals surface area contributed by atoms with E-state index in [0.717, 1.165) is 21.9 Å². The van der Waals surface area contributed by atoms with Gasteiger partial charge in [0.2, 0.25) is 0 Å². The quantitative estimate of drug-likeness (QED) is 0.667. The molecule has 2 aromatic carbocycles. The Morgan fingerprint density at radius 3 is 2.40 bits per heavy atom. The van der Waals surface area contributed by atoms with E-state index in [1.54, 1.807) is 12.1 Å². The van der Waals surface area contributed by atoms with Crippen molar-refractivity contribution in [3.63, 3.8) is 0 Å². The average Bonchev–Trinajstić information content (AvgIpc) is 2.42. The third-order valence-corrected chi connectivity index (χ3v) is 4.02. The number of halogens is 1. The van der Waals surface area contributed by atoms with Gasteiger partial charge in [0.15, 0.2) is 0 Å². The highest BCUT2D eigenvalue weighted by molar-refractivity contribution is 7.99. The minimum atomic E-state index is -0.405. The summed E-state index contributed by atoms with van der Waals surface area (Å²) in [7, 11) is 1.87. The summed E-state index contributed by atoms with van der Waals surface area (Å²) in [5.74, 6) is 0. The Hall–Kier alpha value is -1.56. The molecule has 2 rings (SSSR count). The molecule has 0 aliphatic heterocycles. The van der Waals surface area contributed by atoms with Gasteiger partial charge in [-0.15, -0.1) is 0 Å². The molecule has 0 fully saturated rings. The predicted octanol–water partition coefficient (Wildman–Crippen LogP) is 4.12. The zero-order chi connectivity index (χ0) is 14.5. The summed E-state index contributed by atoms with van der Waals surface area (Å²) < 4.78 is 0. The molecule has 0 saturated carbocycles. The van der Waals surface area contributed by atoms with Crippen LogP contribution in [-0.4, -0.2) is 12.0 Å². The highest BCUT2D eigenvalue weighted by Gasteiger charge is 2.06. The molecule has 0 spiro atoms. The standard InChI is InChI=1S/C14H13ClN2O2S/c1-16-9-10-2-5-13(8-14(10)15)20-12-6-3-11(4-7-12)17(18)19/h2-8,16H,9H2,1H3. The van der Waals surface area contributed by atoms with Gasteiger partial charge >= 0.3 is 0 Å². The van der Waals surface area contributed by atoms with Crippen LogP contribution < -0.4 is 5.32 Å². The third kappa shape index (κ3) is 3.72. The van der Waals surface area contributed by atoms with E-state index in [0.29, 0.717) is 5.02 Å². The van der Waals surface area contributed by atoms with E-state index in [9.17, 15) is 10.1 Å². The topological polar surface area (TPSA) is 55.2 Å². The van der Waals surface area contributed by atoms with E-state index in [1.165, 1.54) is 23.9 Å². The summed E-state index contributed by atoms with van der Waals surface area (Å²) >= 11 is 7.72. The van der Waals surface area contributed by atoms with Gasteiger partial charge in [0.05, 0.1) is 4.92 Å². The van der Waals surface area contributed by atoms with E-state index in [2.05, 4.69) is 5.32 Å². The van der Waals surface area contributed by atoms with Crippen LogP contribution in [0.2, 0.25) is 5.02 Å². The minimum Gasteiger partial charge on any atom is -0.316 e. The fraction of sp³-hybridized carbons (Fsp3) is 0.143. The second-order valence-electron chi connectivity index (χ2n) is 4.14. The van der Waals surface area contributed by atoms with Crippen LogP contribution in [-0.2, 0) is 6.54 Å². The van der Waals surface area contributed by atoms with Crippen molar-refractivity contribution in [2.24, 2.45) is 0 Å². The smallest absolute Gasteiger partial charge is 0.269 e. The Kier molecular flexibility index (Phi) is 5.00. The van der Waals surface area contributed by atoms with Crippen LogP contribution >= 0.6 is 23.4 Å². The lowest BCUT2D eigenvalue weighted by molar-refractivity contribution is -0.384. The lowest BCUT2D eigenvalue weighted by Crippen LogP contribution is -2.05. The number of nitrogens with one attached hydrogen (secondary N) is 1. The molecule has 104 valence electrons. The van der Waals surface area contributed by atoms with Crippen molar-refractivity contribution in [1.82, 2.24) is 5.32 Å². The van der Waals surface area contributed by atoms with Crippen LogP contribution in [0.4, 0.5) is 5.69 Å². The van der Waals surface area contributed by atoms with E-state index in [4.69, 9.17) is 11.6 Å². The maximum absolute atomic E-state index is 10.6. The van der Waals surface area contributed by atoms with E-state index in [1.807, 2.05) is 25.2 Å². The van der Waals surface area contributed by atoms with Crippen molar-refractivity contribution in [2.75, 3.05) is 7.05 Å². The molecule has 2 aromatic rings. The number of non-ortho nitro benzene ring substituents is 1. The molecule has 4 nitrogen and oxygen atoms in total. The first-order valence-electron chi connectivity index (χ1n) is 5.95. The maximum Gasteiger partial charge on any atom is 0.269 e. The van der Waals surface area contributed by atoms with Gasteiger partial charge < -0.3 is 5.32 Å². The first kappa shape index (κ1) is 14.8. The van der Waals surface area contributed by atoms with Crippen molar-refractivity contribution in [3.05, 3.63) is 63.2 Å². The lowest BCUT2D eigenvalue weighted by Gasteiger charge is -2.06. The first-order chi connectivity index (χ1) is 9.60. The number of hydrogen-bond acceptors (Lipinski definition) is 4. The molecular weight excluding hydrogens is 296 g/mol. The lowest BCUT2D eigenvalue weighted by atomic mass is 10.2. The zero-order valence-electron chi connectivity index (χ0n) is 10.8. The molecule has 0 atom stereocenters. The maximum atomic E-state index is 10.6. The van der Waals surface area contributed by atoms with Gasteiger partial charge in [-0.2, -0.15) is 0 Å². The van der Waals surface area contributed by atoms with Crippen molar-refractivity contribution in [1.29, 1.82) is 0 Å². The van der Waals surface area contributed by atoms with Crippen molar-refractivity contribution in [2.45, 2.75) is 16.3 Å².